The number of para-hydroxylation sites is 1. The molecule has 234 valence electrons. The summed E-state index contributed by atoms with van der Waals surface area (Å²) in [6.07, 6.45) is -0.204. The first-order chi connectivity index (χ1) is 21.6. The van der Waals surface area contributed by atoms with E-state index in [2.05, 4.69) is 20.7 Å². The number of methoxy groups -OCH3 is 2. The fourth-order valence-electron chi connectivity index (χ4n) is 4.46. The van der Waals surface area contributed by atoms with Gasteiger partial charge in [-0.1, -0.05) is 54.6 Å². The Morgan fingerprint density at radius 2 is 1.44 bits per heavy atom. The van der Waals surface area contributed by atoms with Crippen LogP contribution in [0.4, 0.5) is 21.9 Å². The van der Waals surface area contributed by atoms with Crippen LogP contribution in [-0.2, 0) is 30.8 Å². The van der Waals surface area contributed by atoms with E-state index in [-0.39, 0.29) is 23.6 Å². The van der Waals surface area contributed by atoms with Crippen molar-refractivity contribution in [1.29, 1.82) is 0 Å². The lowest BCUT2D eigenvalue weighted by Gasteiger charge is -2.19. The van der Waals surface area contributed by atoms with Gasteiger partial charge >= 0.3 is 12.0 Å². The minimum absolute atomic E-state index is 0.0235. The number of urea groups is 1. The fourth-order valence-corrected chi connectivity index (χ4v) is 5.71. The second-order valence-corrected chi connectivity index (χ2v) is 11.8. The molecule has 0 radical (unpaired) electrons. The van der Waals surface area contributed by atoms with Gasteiger partial charge in [-0.2, -0.15) is 0 Å². The largest absolute Gasteiger partial charge is 0.495 e. The van der Waals surface area contributed by atoms with Gasteiger partial charge in [0, 0.05) is 11.4 Å². The van der Waals surface area contributed by atoms with Gasteiger partial charge in [0.25, 0.3) is 0 Å². The molecule has 0 saturated heterocycles. The first kappa shape index (κ1) is 32.7. The number of carbonyl (C=O) groups is 3. The van der Waals surface area contributed by atoms with E-state index in [1.807, 2.05) is 25.1 Å². The number of aryl methyl sites for hydroxylation is 1. The van der Waals surface area contributed by atoms with Crippen molar-refractivity contribution in [3.05, 3.63) is 114 Å². The number of esters is 1. The highest BCUT2D eigenvalue weighted by Crippen LogP contribution is 2.27. The van der Waals surface area contributed by atoms with E-state index in [0.717, 1.165) is 5.56 Å². The molecule has 0 aliphatic carbocycles. The third-order valence-corrected chi connectivity index (χ3v) is 8.31. The Kier molecular flexibility index (Phi) is 10.9. The van der Waals surface area contributed by atoms with Gasteiger partial charge < -0.3 is 25.4 Å². The zero-order chi connectivity index (χ0) is 32.4. The Morgan fingerprint density at radius 3 is 2.11 bits per heavy atom. The van der Waals surface area contributed by atoms with Gasteiger partial charge in [0.05, 0.1) is 43.7 Å². The number of sulfonamides is 1. The highest BCUT2D eigenvalue weighted by Gasteiger charge is 2.24. The average molecular weight is 631 g/mol. The maximum Gasteiger partial charge on any atom is 0.323 e. The van der Waals surface area contributed by atoms with Crippen LogP contribution in [0.2, 0.25) is 0 Å². The molecule has 11 nitrogen and oxygen atoms in total. The summed E-state index contributed by atoms with van der Waals surface area (Å²) < 4.78 is 38.6. The molecule has 4 rings (SSSR count). The van der Waals surface area contributed by atoms with Crippen molar-refractivity contribution in [2.45, 2.75) is 30.7 Å². The number of anilines is 3. The molecule has 4 N–H and O–H groups in total. The summed E-state index contributed by atoms with van der Waals surface area (Å²) in [6, 6.07) is 25.4. The number of amides is 3. The van der Waals surface area contributed by atoms with E-state index in [1.165, 1.54) is 26.4 Å². The fraction of sp³-hybridized carbons (Fsp3) is 0.182. The van der Waals surface area contributed by atoms with E-state index < -0.39 is 28.1 Å². The summed E-state index contributed by atoms with van der Waals surface area (Å²) >= 11 is 0. The summed E-state index contributed by atoms with van der Waals surface area (Å²) in [5, 5.41) is 8.37. The highest BCUT2D eigenvalue weighted by atomic mass is 32.2. The molecule has 12 heteroatoms. The molecule has 4 aromatic carbocycles. The normalized spacial score (nSPS) is 11.6. The van der Waals surface area contributed by atoms with E-state index >= 15 is 0 Å². The van der Waals surface area contributed by atoms with Crippen molar-refractivity contribution >= 4 is 45.0 Å². The van der Waals surface area contributed by atoms with Crippen LogP contribution >= 0.6 is 0 Å². The standard InChI is InChI=1S/C33H34N4O7S/c1-22-9-7-8-12-27(22)35-33(40)36-28-18-13-23(19-30(28)43-2)20-31(38)34-25-16-14-24(15-17-25)29(21-32(39)44-3)37-45(41,42)26-10-5-4-6-11-26/h4-19,29,37H,20-21H2,1-3H3,(H,34,38)(H2,35,36,40). The number of rotatable bonds is 12. The van der Waals surface area contributed by atoms with Crippen molar-refractivity contribution in [3.8, 4) is 5.75 Å². The van der Waals surface area contributed by atoms with Crippen molar-refractivity contribution in [1.82, 2.24) is 4.72 Å². The van der Waals surface area contributed by atoms with E-state index in [1.54, 1.807) is 66.7 Å². The number of hydrogen-bond acceptors (Lipinski definition) is 7. The first-order valence-corrected chi connectivity index (χ1v) is 15.4. The Labute approximate surface area is 262 Å². The smallest absolute Gasteiger partial charge is 0.323 e. The zero-order valence-corrected chi connectivity index (χ0v) is 25.8. The van der Waals surface area contributed by atoms with Gasteiger partial charge in [0.2, 0.25) is 15.9 Å². The van der Waals surface area contributed by atoms with Gasteiger partial charge in [0.15, 0.2) is 0 Å². The van der Waals surface area contributed by atoms with Crippen LogP contribution in [0, 0.1) is 6.92 Å². The van der Waals surface area contributed by atoms with Crippen LogP contribution in [-0.4, -0.2) is 40.5 Å². The molecule has 0 spiro atoms. The SMILES string of the molecule is COC(=O)CC(NS(=O)(=O)c1ccccc1)c1ccc(NC(=O)Cc2ccc(NC(=O)Nc3ccccc3C)c(OC)c2)cc1. The van der Waals surface area contributed by atoms with E-state index in [0.29, 0.717) is 33.9 Å². The highest BCUT2D eigenvalue weighted by molar-refractivity contribution is 7.89. The van der Waals surface area contributed by atoms with Gasteiger partial charge in [-0.15, -0.1) is 0 Å². The van der Waals surface area contributed by atoms with Gasteiger partial charge in [-0.25, -0.2) is 17.9 Å². The molecule has 0 heterocycles. The van der Waals surface area contributed by atoms with Gasteiger partial charge in [-0.3, -0.25) is 9.59 Å². The summed E-state index contributed by atoms with van der Waals surface area (Å²) in [5.41, 5.74) is 3.68. The molecule has 4 aromatic rings. The summed E-state index contributed by atoms with van der Waals surface area (Å²) in [7, 11) is -1.22. The molecule has 0 aliphatic rings. The molecule has 1 unspecified atom stereocenters. The van der Waals surface area contributed by atoms with E-state index in [9.17, 15) is 22.8 Å². The molecule has 0 fully saturated rings. The third-order valence-electron chi connectivity index (χ3n) is 6.82. The number of benzene rings is 4. The molecule has 0 bridgehead atoms. The molecule has 0 aromatic heterocycles. The van der Waals surface area contributed by atoms with Gasteiger partial charge in [0.1, 0.15) is 5.75 Å². The maximum atomic E-state index is 12.9. The Hall–Kier alpha value is -5.20. The predicted octanol–water partition coefficient (Wildman–Crippen LogP) is 5.41. The molecular formula is C33H34N4O7S. The molecule has 0 aliphatic heterocycles. The molecular weight excluding hydrogens is 596 g/mol. The third kappa shape index (κ3) is 9.15. The summed E-state index contributed by atoms with van der Waals surface area (Å²) in [4.78, 5) is 37.5. The van der Waals surface area contributed by atoms with Crippen LogP contribution in [0.1, 0.15) is 29.2 Å². The van der Waals surface area contributed by atoms with Crippen molar-refractivity contribution in [2.75, 3.05) is 30.2 Å². The first-order valence-electron chi connectivity index (χ1n) is 13.9. The Balaban J connectivity index is 1.39. The molecule has 3 amide bonds. The lowest BCUT2D eigenvalue weighted by molar-refractivity contribution is -0.141. The van der Waals surface area contributed by atoms with Crippen molar-refractivity contribution < 1.29 is 32.3 Å². The van der Waals surface area contributed by atoms with Crippen LogP contribution in [0.3, 0.4) is 0 Å². The minimum Gasteiger partial charge on any atom is -0.495 e. The Morgan fingerprint density at radius 1 is 0.778 bits per heavy atom. The molecule has 0 saturated carbocycles. The Bertz CT molecular complexity index is 1760. The predicted molar refractivity (Wildman–Crippen MR) is 172 cm³/mol. The van der Waals surface area contributed by atoms with Crippen LogP contribution in [0.25, 0.3) is 0 Å². The second-order valence-electron chi connectivity index (χ2n) is 10.0. The summed E-state index contributed by atoms with van der Waals surface area (Å²) in [5.74, 6) is -0.505. The number of nitrogens with one attached hydrogen (secondary N) is 4. The quantitative estimate of drug-likeness (QED) is 0.153. The second kappa shape index (κ2) is 15.0. The average Bonchev–Trinajstić information content (AvgIpc) is 3.03. The molecule has 1 atom stereocenters. The number of hydrogen-bond donors (Lipinski definition) is 4. The van der Waals surface area contributed by atoms with Crippen LogP contribution in [0.5, 0.6) is 5.75 Å². The maximum absolute atomic E-state index is 12.9. The molecule has 45 heavy (non-hydrogen) atoms. The number of ether oxygens (including phenoxy) is 2. The summed E-state index contributed by atoms with van der Waals surface area (Å²) in [6.45, 7) is 1.89. The van der Waals surface area contributed by atoms with Crippen LogP contribution < -0.4 is 25.4 Å². The van der Waals surface area contributed by atoms with Crippen LogP contribution in [0.15, 0.2) is 102 Å². The monoisotopic (exact) mass is 630 g/mol. The van der Waals surface area contributed by atoms with Crippen molar-refractivity contribution in [2.24, 2.45) is 0 Å². The zero-order valence-electron chi connectivity index (χ0n) is 25.0. The number of carbonyl (C=O) groups excluding carboxylic acids is 3. The topological polar surface area (TPSA) is 152 Å². The minimum atomic E-state index is -3.92. The lowest BCUT2D eigenvalue weighted by atomic mass is 10.0. The lowest BCUT2D eigenvalue weighted by Crippen LogP contribution is -2.30. The van der Waals surface area contributed by atoms with Gasteiger partial charge in [-0.05, 0) is 66.1 Å². The van der Waals surface area contributed by atoms with Crippen molar-refractivity contribution in [3.63, 3.8) is 0 Å². The van der Waals surface area contributed by atoms with E-state index in [4.69, 9.17) is 9.47 Å².